The van der Waals surface area contributed by atoms with Gasteiger partial charge in [-0.25, -0.2) is 5.43 Å². The van der Waals surface area contributed by atoms with Gasteiger partial charge in [0, 0.05) is 16.8 Å². The molecule has 0 fully saturated rings. The highest BCUT2D eigenvalue weighted by molar-refractivity contribution is 7.99. The molecule has 4 rings (SSSR count). The van der Waals surface area contributed by atoms with Crippen LogP contribution in [0.3, 0.4) is 0 Å². The number of carbonyl (C=O) groups excluding carboxylic acids is 1. The monoisotopic (exact) mass is 547 g/mol. The van der Waals surface area contributed by atoms with Crippen molar-refractivity contribution in [3.05, 3.63) is 72.3 Å². The van der Waals surface area contributed by atoms with E-state index in [9.17, 15) is 4.79 Å². The molecule has 0 radical (unpaired) electrons. The van der Waals surface area contributed by atoms with Gasteiger partial charge in [0.15, 0.2) is 22.5 Å². The summed E-state index contributed by atoms with van der Waals surface area (Å²) in [5.74, 6) is 2.62. The molecule has 0 bridgehead atoms. The van der Waals surface area contributed by atoms with E-state index in [4.69, 9.17) is 18.9 Å². The first-order chi connectivity index (χ1) is 19.1. The summed E-state index contributed by atoms with van der Waals surface area (Å²) in [5.41, 5.74) is 4.92. The first-order valence-electron chi connectivity index (χ1n) is 12.1. The predicted octanol–water partition coefficient (Wildman–Crippen LogP) is 4.60. The molecule has 0 aliphatic heterocycles. The Labute approximate surface area is 231 Å². The van der Waals surface area contributed by atoms with Gasteiger partial charge in [0.1, 0.15) is 5.75 Å². The second-order valence-electron chi connectivity index (χ2n) is 7.94. The number of aromatic nitrogens is 3. The van der Waals surface area contributed by atoms with Gasteiger partial charge in [-0.05, 0) is 43.3 Å². The van der Waals surface area contributed by atoms with Gasteiger partial charge in [-0.2, -0.15) is 5.10 Å². The highest BCUT2D eigenvalue weighted by Gasteiger charge is 2.18. The fourth-order valence-electron chi connectivity index (χ4n) is 3.79. The Balaban J connectivity index is 1.50. The maximum absolute atomic E-state index is 12.6. The Morgan fingerprint density at radius 2 is 1.69 bits per heavy atom. The Morgan fingerprint density at radius 3 is 2.36 bits per heavy atom. The van der Waals surface area contributed by atoms with E-state index < -0.39 is 0 Å². The number of rotatable bonds is 12. The zero-order valence-electron chi connectivity index (χ0n) is 22.1. The van der Waals surface area contributed by atoms with Gasteiger partial charge in [0.25, 0.3) is 5.91 Å². The topological polar surface area (TPSA) is 109 Å². The molecule has 1 heterocycles. The van der Waals surface area contributed by atoms with Crippen molar-refractivity contribution in [3.63, 3.8) is 0 Å². The molecule has 10 nitrogen and oxygen atoms in total. The van der Waals surface area contributed by atoms with Gasteiger partial charge in [0.2, 0.25) is 5.75 Å². The van der Waals surface area contributed by atoms with Crippen molar-refractivity contribution in [2.24, 2.45) is 5.10 Å². The van der Waals surface area contributed by atoms with E-state index >= 15 is 0 Å². The second-order valence-corrected chi connectivity index (χ2v) is 8.88. The molecule has 0 aliphatic rings. The highest BCUT2D eigenvalue weighted by atomic mass is 32.2. The van der Waals surface area contributed by atoms with E-state index in [1.54, 1.807) is 19.2 Å². The molecule has 0 unspecified atom stereocenters. The minimum absolute atomic E-state index is 0.0738. The minimum Gasteiger partial charge on any atom is -0.494 e. The number of amides is 1. The maximum Gasteiger partial charge on any atom is 0.250 e. The minimum atomic E-state index is -0.307. The van der Waals surface area contributed by atoms with Gasteiger partial charge in [-0.15, -0.1) is 10.2 Å². The first kappa shape index (κ1) is 27.5. The number of hydrogen-bond acceptors (Lipinski definition) is 9. The normalized spacial score (nSPS) is 10.9. The van der Waals surface area contributed by atoms with Crippen LogP contribution in [-0.4, -0.2) is 60.6 Å². The third kappa shape index (κ3) is 6.50. The van der Waals surface area contributed by atoms with E-state index in [2.05, 4.69) is 20.7 Å². The van der Waals surface area contributed by atoms with E-state index in [0.717, 1.165) is 17.0 Å². The molecular weight excluding hydrogens is 518 g/mol. The van der Waals surface area contributed by atoms with Gasteiger partial charge >= 0.3 is 0 Å². The average Bonchev–Trinajstić information content (AvgIpc) is 3.40. The number of hydrazone groups is 1. The third-order valence-corrected chi connectivity index (χ3v) is 6.46. The van der Waals surface area contributed by atoms with Crippen molar-refractivity contribution in [2.45, 2.75) is 12.1 Å². The van der Waals surface area contributed by atoms with Gasteiger partial charge in [-0.1, -0.05) is 42.1 Å². The quantitative estimate of drug-likeness (QED) is 0.156. The lowest BCUT2D eigenvalue weighted by molar-refractivity contribution is -0.118. The standard InChI is InChI=1S/C28H29N5O5S/c1-5-38-22-14-12-21(13-15-22)33-27(19-9-7-6-8-10-19)31-32-28(33)39-18-24(34)30-29-17-20-11-16-23(35-2)26(37-4)25(20)36-3/h6-17H,5,18H2,1-4H3,(H,30,34)/b29-17+. The van der Waals surface area contributed by atoms with Crippen LogP contribution in [0.25, 0.3) is 17.1 Å². The summed E-state index contributed by atoms with van der Waals surface area (Å²) >= 11 is 1.26. The summed E-state index contributed by atoms with van der Waals surface area (Å²) in [4.78, 5) is 12.6. The first-order valence-corrected chi connectivity index (χ1v) is 13.1. The zero-order valence-corrected chi connectivity index (χ0v) is 22.9. The molecule has 0 saturated heterocycles. The Bertz CT molecular complexity index is 1420. The van der Waals surface area contributed by atoms with Crippen LogP contribution in [0.5, 0.6) is 23.0 Å². The van der Waals surface area contributed by atoms with Crippen molar-refractivity contribution in [1.29, 1.82) is 0 Å². The fourth-order valence-corrected chi connectivity index (χ4v) is 4.54. The third-order valence-electron chi connectivity index (χ3n) is 5.53. The number of carbonyl (C=O) groups is 1. The lowest BCUT2D eigenvalue weighted by Gasteiger charge is -2.13. The molecule has 0 saturated carbocycles. The van der Waals surface area contributed by atoms with Crippen molar-refractivity contribution >= 4 is 23.9 Å². The summed E-state index contributed by atoms with van der Waals surface area (Å²) in [7, 11) is 4.59. The van der Waals surface area contributed by atoms with Crippen LogP contribution in [0.2, 0.25) is 0 Å². The van der Waals surface area contributed by atoms with Crippen molar-refractivity contribution < 1.29 is 23.7 Å². The van der Waals surface area contributed by atoms with Gasteiger partial charge < -0.3 is 18.9 Å². The number of thioether (sulfide) groups is 1. The van der Waals surface area contributed by atoms with Crippen LogP contribution >= 0.6 is 11.8 Å². The highest BCUT2D eigenvalue weighted by Crippen LogP contribution is 2.39. The number of hydrogen-bond donors (Lipinski definition) is 1. The smallest absolute Gasteiger partial charge is 0.250 e. The molecule has 0 spiro atoms. The molecule has 202 valence electrons. The van der Waals surface area contributed by atoms with E-state index in [-0.39, 0.29) is 11.7 Å². The number of benzene rings is 3. The summed E-state index contributed by atoms with van der Waals surface area (Å²) < 4.78 is 23.6. The van der Waals surface area contributed by atoms with Crippen LogP contribution in [0, 0.1) is 0 Å². The van der Waals surface area contributed by atoms with Crippen LogP contribution in [-0.2, 0) is 4.79 Å². The zero-order chi connectivity index (χ0) is 27.6. The van der Waals surface area contributed by atoms with E-state index in [0.29, 0.717) is 40.4 Å². The molecule has 11 heteroatoms. The number of nitrogens with zero attached hydrogens (tertiary/aromatic N) is 4. The Morgan fingerprint density at radius 1 is 0.949 bits per heavy atom. The molecule has 1 N–H and O–H groups in total. The number of nitrogens with one attached hydrogen (secondary N) is 1. The lowest BCUT2D eigenvalue weighted by Crippen LogP contribution is -2.20. The van der Waals surface area contributed by atoms with Gasteiger partial charge in [-0.3, -0.25) is 9.36 Å². The second kappa shape index (κ2) is 13.3. The van der Waals surface area contributed by atoms with Crippen molar-refractivity contribution in [1.82, 2.24) is 20.2 Å². The molecule has 0 aliphatic carbocycles. The molecule has 3 aromatic carbocycles. The van der Waals surface area contributed by atoms with E-state index in [1.807, 2.05) is 66.1 Å². The Hall–Kier alpha value is -4.51. The maximum atomic E-state index is 12.6. The lowest BCUT2D eigenvalue weighted by atomic mass is 10.2. The summed E-state index contributed by atoms with van der Waals surface area (Å²) in [5, 5.41) is 13.4. The van der Waals surface area contributed by atoms with Crippen LogP contribution in [0.15, 0.2) is 77.0 Å². The molecule has 1 aromatic heterocycles. The van der Waals surface area contributed by atoms with Crippen LogP contribution in [0.4, 0.5) is 0 Å². The van der Waals surface area contributed by atoms with Crippen molar-refractivity contribution in [2.75, 3.05) is 33.7 Å². The van der Waals surface area contributed by atoms with Crippen LogP contribution < -0.4 is 24.4 Å². The van der Waals surface area contributed by atoms with Crippen molar-refractivity contribution in [3.8, 4) is 40.1 Å². The largest absolute Gasteiger partial charge is 0.494 e. The summed E-state index contributed by atoms with van der Waals surface area (Å²) in [6, 6.07) is 20.9. The summed E-state index contributed by atoms with van der Waals surface area (Å²) in [6.07, 6.45) is 1.49. The summed E-state index contributed by atoms with van der Waals surface area (Å²) in [6.45, 7) is 2.52. The SMILES string of the molecule is CCOc1ccc(-n2c(SCC(=O)N/N=C/c3ccc(OC)c(OC)c3OC)nnc2-c2ccccc2)cc1. The molecule has 39 heavy (non-hydrogen) atoms. The molecule has 4 aromatic rings. The fraction of sp³-hybridized carbons (Fsp3) is 0.214. The average molecular weight is 548 g/mol. The predicted molar refractivity (Wildman–Crippen MR) is 151 cm³/mol. The molecular formula is C28H29N5O5S. The van der Waals surface area contributed by atoms with E-state index in [1.165, 1.54) is 32.2 Å². The Kier molecular flexibility index (Phi) is 9.41. The number of ether oxygens (including phenoxy) is 4. The van der Waals surface area contributed by atoms with Gasteiger partial charge in [0.05, 0.1) is 39.9 Å². The number of methoxy groups -OCH3 is 3. The molecule has 1 amide bonds. The van der Waals surface area contributed by atoms with Crippen LogP contribution in [0.1, 0.15) is 12.5 Å². The molecule has 0 atom stereocenters.